The molecule has 0 amide bonds. The molecule has 150 valence electrons. The molecule has 5 nitrogen and oxygen atoms in total. The van der Waals surface area contributed by atoms with E-state index in [1.807, 2.05) is 60.7 Å². The SMILES string of the molecule is CC(C)OC(=O)C(C(=O)OC(C)C)N(CCc1ccccc1)c1ccccc1. The first-order chi connectivity index (χ1) is 13.4. The first-order valence-corrected chi connectivity index (χ1v) is 9.65. The Morgan fingerprint density at radius 1 is 0.786 bits per heavy atom. The molecule has 28 heavy (non-hydrogen) atoms. The maximum Gasteiger partial charge on any atom is 0.340 e. The van der Waals surface area contributed by atoms with Gasteiger partial charge in [-0.1, -0.05) is 48.5 Å². The fourth-order valence-corrected chi connectivity index (χ4v) is 2.87. The van der Waals surface area contributed by atoms with Crippen LogP contribution in [0.15, 0.2) is 60.7 Å². The molecule has 0 saturated heterocycles. The Hall–Kier alpha value is -2.82. The van der Waals surface area contributed by atoms with E-state index in [0.29, 0.717) is 13.0 Å². The number of benzene rings is 2. The number of hydrogen-bond donors (Lipinski definition) is 0. The average molecular weight is 383 g/mol. The summed E-state index contributed by atoms with van der Waals surface area (Å²) in [7, 11) is 0. The predicted molar refractivity (Wildman–Crippen MR) is 110 cm³/mol. The van der Waals surface area contributed by atoms with Crippen LogP contribution in [-0.4, -0.2) is 36.7 Å². The lowest BCUT2D eigenvalue weighted by Crippen LogP contribution is -2.50. The zero-order valence-electron chi connectivity index (χ0n) is 17.0. The largest absolute Gasteiger partial charge is 0.461 e. The predicted octanol–water partition coefficient (Wildman–Crippen LogP) is 4.01. The van der Waals surface area contributed by atoms with Gasteiger partial charge in [-0.05, 0) is 51.8 Å². The first-order valence-electron chi connectivity index (χ1n) is 9.65. The van der Waals surface area contributed by atoms with Gasteiger partial charge in [0.15, 0.2) is 0 Å². The Balaban J connectivity index is 2.35. The number of carbonyl (C=O) groups excluding carboxylic acids is 2. The summed E-state index contributed by atoms with van der Waals surface area (Å²) in [5.74, 6) is -1.20. The molecule has 0 heterocycles. The third-order valence-corrected chi connectivity index (χ3v) is 4.03. The van der Waals surface area contributed by atoms with Gasteiger partial charge in [0.25, 0.3) is 0 Å². The van der Waals surface area contributed by atoms with Crippen LogP contribution in [0.25, 0.3) is 0 Å². The van der Waals surface area contributed by atoms with Crippen LogP contribution in [-0.2, 0) is 25.5 Å². The average Bonchev–Trinajstić information content (AvgIpc) is 2.65. The Bertz CT molecular complexity index is 722. The monoisotopic (exact) mass is 383 g/mol. The van der Waals surface area contributed by atoms with Crippen LogP contribution in [0.5, 0.6) is 0 Å². The number of para-hydroxylation sites is 1. The van der Waals surface area contributed by atoms with Crippen LogP contribution in [0.4, 0.5) is 5.69 Å². The van der Waals surface area contributed by atoms with Gasteiger partial charge in [0.2, 0.25) is 6.04 Å². The van der Waals surface area contributed by atoms with E-state index >= 15 is 0 Å². The second-order valence-corrected chi connectivity index (χ2v) is 7.14. The fraction of sp³-hybridized carbons (Fsp3) is 0.391. The van der Waals surface area contributed by atoms with E-state index in [0.717, 1.165) is 11.3 Å². The number of hydrogen-bond acceptors (Lipinski definition) is 5. The zero-order valence-corrected chi connectivity index (χ0v) is 17.0. The summed E-state index contributed by atoms with van der Waals surface area (Å²) >= 11 is 0. The highest BCUT2D eigenvalue weighted by atomic mass is 16.6. The molecule has 0 radical (unpaired) electrons. The van der Waals surface area contributed by atoms with E-state index in [4.69, 9.17) is 9.47 Å². The van der Waals surface area contributed by atoms with Gasteiger partial charge >= 0.3 is 11.9 Å². The van der Waals surface area contributed by atoms with Crippen LogP contribution in [0.1, 0.15) is 33.3 Å². The van der Waals surface area contributed by atoms with Crippen molar-refractivity contribution in [1.82, 2.24) is 0 Å². The van der Waals surface area contributed by atoms with Crippen molar-refractivity contribution in [2.45, 2.75) is 52.4 Å². The summed E-state index contributed by atoms with van der Waals surface area (Å²) in [6, 6.07) is 18.2. The molecule has 0 aliphatic heterocycles. The number of carbonyl (C=O) groups is 2. The number of esters is 2. The molecule has 0 aliphatic rings. The van der Waals surface area contributed by atoms with Crippen LogP contribution < -0.4 is 4.90 Å². The summed E-state index contributed by atoms with van der Waals surface area (Å²) in [6.07, 6.45) is 0.0260. The third kappa shape index (κ3) is 6.41. The number of rotatable bonds is 9. The minimum atomic E-state index is -1.16. The molecule has 0 atom stereocenters. The van der Waals surface area contributed by atoms with Gasteiger partial charge in [0.05, 0.1) is 12.2 Å². The molecule has 5 heteroatoms. The normalized spacial score (nSPS) is 11.0. The highest BCUT2D eigenvalue weighted by molar-refractivity contribution is 6.02. The quantitative estimate of drug-likeness (QED) is 0.484. The molecular formula is C23H29NO4. The maximum absolute atomic E-state index is 12.8. The fourth-order valence-electron chi connectivity index (χ4n) is 2.87. The topological polar surface area (TPSA) is 55.8 Å². The van der Waals surface area contributed by atoms with Gasteiger partial charge < -0.3 is 14.4 Å². The lowest BCUT2D eigenvalue weighted by Gasteiger charge is -2.31. The van der Waals surface area contributed by atoms with Gasteiger partial charge in [-0.25, -0.2) is 9.59 Å². The van der Waals surface area contributed by atoms with Crippen molar-refractivity contribution in [1.29, 1.82) is 0 Å². The van der Waals surface area contributed by atoms with Crippen molar-refractivity contribution >= 4 is 17.6 Å². The van der Waals surface area contributed by atoms with Gasteiger partial charge in [0.1, 0.15) is 0 Å². The van der Waals surface area contributed by atoms with E-state index in [1.54, 1.807) is 32.6 Å². The zero-order chi connectivity index (χ0) is 20.5. The summed E-state index contributed by atoms with van der Waals surface area (Å²) in [5, 5.41) is 0. The Kier molecular flexibility index (Phi) is 8.05. The van der Waals surface area contributed by atoms with E-state index in [-0.39, 0.29) is 12.2 Å². The van der Waals surface area contributed by atoms with E-state index in [9.17, 15) is 9.59 Å². The van der Waals surface area contributed by atoms with Gasteiger partial charge in [-0.15, -0.1) is 0 Å². The summed E-state index contributed by atoms with van der Waals surface area (Å²) in [4.78, 5) is 27.4. The number of anilines is 1. The number of ether oxygens (including phenoxy) is 2. The molecule has 0 aromatic heterocycles. The molecule has 2 aromatic rings. The molecule has 0 spiro atoms. The van der Waals surface area contributed by atoms with Crippen LogP contribution >= 0.6 is 0 Å². The van der Waals surface area contributed by atoms with Crippen molar-refractivity contribution in [3.63, 3.8) is 0 Å². The van der Waals surface area contributed by atoms with Gasteiger partial charge in [-0.3, -0.25) is 0 Å². The standard InChI is InChI=1S/C23H29NO4/c1-17(2)27-22(25)21(23(26)28-18(3)4)24(20-13-9-6-10-14-20)16-15-19-11-7-5-8-12-19/h5-14,17-18,21H,15-16H2,1-4H3. The molecule has 2 rings (SSSR count). The third-order valence-electron chi connectivity index (χ3n) is 4.03. The van der Waals surface area contributed by atoms with Crippen molar-refractivity contribution in [2.24, 2.45) is 0 Å². The van der Waals surface area contributed by atoms with Crippen molar-refractivity contribution in [3.8, 4) is 0 Å². The maximum atomic E-state index is 12.8. The van der Waals surface area contributed by atoms with Crippen LogP contribution in [0.3, 0.4) is 0 Å². The summed E-state index contributed by atoms with van der Waals surface area (Å²) in [6.45, 7) is 7.53. The van der Waals surface area contributed by atoms with Crippen molar-refractivity contribution < 1.29 is 19.1 Å². The molecule has 0 bridgehead atoms. The highest BCUT2D eigenvalue weighted by Gasteiger charge is 2.37. The first kappa shape index (κ1) is 21.5. The summed E-state index contributed by atoms with van der Waals surface area (Å²) < 4.78 is 10.8. The second kappa shape index (κ2) is 10.5. The lowest BCUT2D eigenvalue weighted by atomic mass is 10.1. The van der Waals surface area contributed by atoms with E-state index < -0.39 is 18.0 Å². The number of nitrogens with zero attached hydrogens (tertiary/aromatic N) is 1. The van der Waals surface area contributed by atoms with Crippen molar-refractivity contribution in [2.75, 3.05) is 11.4 Å². The van der Waals surface area contributed by atoms with Gasteiger partial charge in [0, 0.05) is 12.2 Å². The Morgan fingerprint density at radius 3 is 1.71 bits per heavy atom. The smallest absolute Gasteiger partial charge is 0.340 e. The van der Waals surface area contributed by atoms with E-state index in [1.165, 1.54) is 0 Å². The molecule has 2 aromatic carbocycles. The molecule has 0 N–H and O–H groups in total. The van der Waals surface area contributed by atoms with E-state index in [2.05, 4.69) is 0 Å². The lowest BCUT2D eigenvalue weighted by molar-refractivity contribution is -0.161. The van der Waals surface area contributed by atoms with Crippen LogP contribution in [0, 0.1) is 0 Å². The molecule has 0 saturated carbocycles. The van der Waals surface area contributed by atoms with Gasteiger partial charge in [-0.2, -0.15) is 0 Å². The highest BCUT2D eigenvalue weighted by Crippen LogP contribution is 2.20. The van der Waals surface area contributed by atoms with Crippen LogP contribution in [0.2, 0.25) is 0 Å². The second-order valence-electron chi connectivity index (χ2n) is 7.14. The minimum Gasteiger partial charge on any atom is -0.461 e. The molecule has 0 fully saturated rings. The van der Waals surface area contributed by atoms with Crippen molar-refractivity contribution in [3.05, 3.63) is 66.2 Å². The Morgan fingerprint density at radius 2 is 1.25 bits per heavy atom. The Labute approximate surface area is 167 Å². The molecule has 0 unspecified atom stereocenters. The molecular weight excluding hydrogens is 354 g/mol. The summed E-state index contributed by atoms with van der Waals surface area (Å²) in [5.41, 5.74) is 1.89. The molecule has 0 aliphatic carbocycles. The minimum absolute atomic E-state index is 0.325.